The Morgan fingerprint density at radius 2 is 2.04 bits per heavy atom. The van der Waals surface area contributed by atoms with E-state index in [1.54, 1.807) is 12.3 Å². The van der Waals surface area contributed by atoms with Gasteiger partial charge in [0.25, 0.3) is 0 Å². The minimum absolute atomic E-state index is 0.218. The lowest BCUT2D eigenvalue weighted by atomic mass is 10.1. The molecular weight excluding hydrogens is 312 g/mol. The normalized spacial score (nSPS) is 18.8. The number of halogens is 2. The Kier molecular flexibility index (Phi) is 5.06. The van der Waals surface area contributed by atoms with Gasteiger partial charge in [0.05, 0.1) is 0 Å². The number of nitrogens with one attached hydrogen (secondary N) is 1. The first-order valence-electron chi connectivity index (χ1n) is 8.09. The van der Waals surface area contributed by atoms with Gasteiger partial charge in [0.15, 0.2) is 11.6 Å². The Balaban J connectivity index is 1.67. The Labute approximate surface area is 140 Å². The number of benzene rings is 1. The van der Waals surface area contributed by atoms with E-state index in [9.17, 15) is 8.78 Å². The van der Waals surface area contributed by atoms with E-state index >= 15 is 0 Å². The highest BCUT2D eigenvalue weighted by molar-refractivity contribution is 5.29. The van der Waals surface area contributed by atoms with E-state index in [1.165, 1.54) is 6.07 Å². The number of pyridine rings is 1. The Hall–Kier alpha value is -2.05. The zero-order valence-corrected chi connectivity index (χ0v) is 13.8. The van der Waals surface area contributed by atoms with E-state index in [-0.39, 0.29) is 11.8 Å². The van der Waals surface area contributed by atoms with Crippen molar-refractivity contribution >= 4 is 0 Å². The molecule has 1 aromatic heterocycles. The van der Waals surface area contributed by atoms with Crippen molar-refractivity contribution in [3.63, 3.8) is 0 Å². The fourth-order valence-corrected chi connectivity index (χ4v) is 2.78. The van der Waals surface area contributed by atoms with Crippen LogP contribution in [0.3, 0.4) is 0 Å². The standard InChI is InChI=1S/C18H21F2N3O/c1-12(2)23-8-7-21-17(11-23)13-3-6-18(22-10-13)24-14-4-5-15(19)16(20)9-14/h3-6,9-10,12,17,21H,7-8,11H2,1-2H3. The van der Waals surface area contributed by atoms with Crippen molar-refractivity contribution in [2.45, 2.75) is 25.9 Å². The number of nitrogens with zero attached hydrogens (tertiary/aromatic N) is 2. The van der Waals surface area contributed by atoms with Gasteiger partial charge in [-0.15, -0.1) is 0 Å². The number of ether oxygens (including phenoxy) is 1. The summed E-state index contributed by atoms with van der Waals surface area (Å²) in [5, 5.41) is 3.49. The van der Waals surface area contributed by atoms with Crippen molar-refractivity contribution in [2.24, 2.45) is 0 Å². The molecule has 6 heteroatoms. The second kappa shape index (κ2) is 7.23. The molecule has 4 nitrogen and oxygen atoms in total. The fourth-order valence-electron chi connectivity index (χ4n) is 2.78. The molecular formula is C18H21F2N3O. The summed E-state index contributed by atoms with van der Waals surface area (Å²) in [7, 11) is 0. The predicted molar refractivity (Wildman–Crippen MR) is 88.1 cm³/mol. The zero-order valence-electron chi connectivity index (χ0n) is 13.8. The van der Waals surface area contributed by atoms with E-state index in [2.05, 4.69) is 29.0 Å². The first-order chi connectivity index (χ1) is 11.5. The van der Waals surface area contributed by atoms with Crippen LogP contribution in [0, 0.1) is 11.6 Å². The quantitative estimate of drug-likeness (QED) is 0.929. The van der Waals surface area contributed by atoms with E-state index < -0.39 is 11.6 Å². The van der Waals surface area contributed by atoms with E-state index in [0.717, 1.165) is 37.3 Å². The van der Waals surface area contributed by atoms with Crippen LogP contribution < -0.4 is 10.1 Å². The smallest absolute Gasteiger partial charge is 0.219 e. The van der Waals surface area contributed by atoms with Crippen LogP contribution >= 0.6 is 0 Å². The Bertz CT molecular complexity index is 691. The van der Waals surface area contributed by atoms with Gasteiger partial charge in [-0.3, -0.25) is 4.90 Å². The molecule has 1 unspecified atom stereocenters. The number of piperazine rings is 1. The summed E-state index contributed by atoms with van der Waals surface area (Å²) >= 11 is 0. The maximum atomic E-state index is 13.2. The average molecular weight is 333 g/mol. The van der Waals surface area contributed by atoms with Crippen LogP contribution in [0.4, 0.5) is 8.78 Å². The van der Waals surface area contributed by atoms with Crippen LogP contribution in [0.5, 0.6) is 11.6 Å². The SMILES string of the molecule is CC(C)N1CCNC(c2ccc(Oc3ccc(F)c(F)c3)nc2)C1. The molecule has 0 radical (unpaired) electrons. The lowest BCUT2D eigenvalue weighted by Gasteiger charge is -2.36. The van der Waals surface area contributed by atoms with Crippen molar-refractivity contribution in [3.05, 3.63) is 53.7 Å². The summed E-state index contributed by atoms with van der Waals surface area (Å²) in [5.74, 6) is -1.27. The third-order valence-electron chi connectivity index (χ3n) is 4.21. The van der Waals surface area contributed by atoms with Gasteiger partial charge in [0.2, 0.25) is 5.88 Å². The summed E-state index contributed by atoms with van der Waals surface area (Å²) < 4.78 is 31.6. The second-order valence-electron chi connectivity index (χ2n) is 6.20. The second-order valence-corrected chi connectivity index (χ2v) is 6.20. The van der Waals surface area contributed by atoms with E-state index in [0.29, 0.717) is 11.9 Å². The van der Waals surface area contributed by atoms with E-state index in [1.807, 2.05) is 6.07 Å². The van der Waals surface area contributed by atoms with Crippen LogP contribution in [0.1, 0.15) is 25.5 Å². The molecule has 1 aromatic carbocycles. The minimum atomic E-state index is -0.940. The minimum Gasteiger partial charge on any atom is -0.439 e. The van der Waals surface area contributed by atoms with Gasteiger partial charge < -0.3 is 10.1 Å². The van der Waals surface area contributed by atoms with Crippen molar-refractivity contribution < 1.29 is 13.5 Å². The van der Waals surface area contributed by atoms with Gasteiger partial charge in [-0.05, 0) is 31.5 Å². The van der Waals surface area contributed by atoms with Gasteiger partial charge in [-0.25, -0.2) is 13.8 Å². The first-order valence-corrected chi connectivity index (χ1v) is 8.09. The number of aromatic nitrogens is 1. The number of hydrogen-bond acceptors (Lipinski definition) is 4. The molecule has 128 valence electrons. The highest BCUT2D eigenvalue weighted by Gasteiger charge is 2.22. The molecule has 0 bridgehead atoms. The molecule has 0 amide bonds. The lowest BCUT2D eigenvalue weighted by Crippen LogP contribution is -2.48. The molecule has 1 aliphatic rings. The summed E-state index contributed by atoms with van der Waals surface area (Å²) in [6.45, 7) is 7.30. The molecule has 1 fully saturated rings. The van der Waals surface area contributed by atoms with Gasteiger partial charge in [-0.1, -0.05) is 6.07 Å². The third kappa shape index (κ3) is 3.88. The largest absolute Gasteiger partial charge is 0.439 e. The first kappa shape index (κ1) is 16.8. The fraction of sp³-hybridized carbons (Fsp3) is 0.389. The van der Waals surface area contributed by atoms with Gasteiger partial charge >= 0.3 is 0 Å². The van der Waals surface area contributed by atoms with Gasteiger partial charge in [0.1, 0.15) is 5.75 Å². The molecule has 1 atom stereocenters. The van der Waals surface area contributed by atoms with Crippen LogP contribution in [0.25, 0.3) is 0 Å². The van der Waals surface area contributed by atoms with E-state index in [4.69, 9.17) is 4.74 Å². The molecule has 0 spiro atoms. The van der Waals surface area contributed by atoms with Gasteiger partial charge in [0, 0.05) is 50.0 Å². The summed E-state index contributed by atoms with van der Waals surface area (Å²) in [5.41, 5.74) is 1.08. The number of rotatable bonds is 4. The molecule has 1 aliphatic heterocycles. The molecule has 2 heterocycles. The predicted octanol–water partition coefficient (Wildman–Crippen LogP) is 3.51. The Morgan fingerprint density at radius 1 is 1.21 bits per heavy atom. The molecule has 1 N–H and O–H groups in total. The highest BCUT2D eigenvalue weighted by atomic mass is 19.2. The molecule has 0 saturated carbocycles. The molecule has 3 rings (SSSR count). The molecule has 1 saturated heterocycles. The summed E-state index contributed by atoms with van der Waals surface area (Å²) in [6.07, 6.45) is 1.76. The van der Waals surface area contributed by atoms with Crippen molar-refractivity contribution in [3.8, 4) is 11.6 Å². The third-order valence-corrected chi connectivity index (χ3v) is 4.21. The summed E-state index contributed by atoms with van der Waals surface area (Å²) in [4.78, 5) is 6.70. The lowest BCUT2D eigenvalue weighted by molar-refractivity contribution is 0.162. The van der Waals surface area contributed by atoms with Crippen LogP contribution in [-0.4, -0.2) is 35.6 Å². The topological polar surface area (TPSA) is 37.4 Å². The van der Waals surface area contributed by atoms with Crippen molar-refractivity contribution in [1.82, 2.24) is 15.2 Å². The number of hydrogen-bond donors (Lipinski definition) is 1. The van der Waals surface area contributed by atoms with Crippen LogP contribution in [0.2, 0.25) is 0 Å². The molecule has 2 aromatic rings. The van der Waals surface area contributed by atoms with Crippen molar-refractivity contribution in [2.75, 3.05) is 19.6 Å². The van der Waals surface area contributed by atoms with Crippen LogP contribution in [0.15, 0.2) is 36.5 Å². The monoisotopic (exact) mass is 333 g/mol. The highest BCUT2D eigenvalue weighted by Crippen LogP contribution is 2.24. The molecule has 24 heavy (non-hydrogen) atoms. The summed E-state index contributed by atoms with van der Waals surface area (Å²) in [6, 6.07) is 7.84. The Morgan fingerprint density at radius 3 is 2.71 bits per heavy atom. The maximum absolute atomic E-state index is 13.2. The molecule has 0 aliphatic carbocycles. The average Bonchev–Trinajstić information content (AvgIpc) is 2.59. The maximum Gasteiger partial charge on any atom is 0.219 e. The van der Waals surface area contributed by atoms with Crippen molar-refractivity contribution in [1.29, 1.82) is 0 Å². The van der Waals surface area contributed by atoms with Crippen LogP contribution in [-0.2, 0) is 0 Å². The van der Waals surface area contributed by atoms with Gasteiger partial charge in [-0.2, -0.15) is 0 Å². The zero-order chi connectivity index (χ0) is 17.1.